The van der Waals surface area contributed by atoms with Crippen molar-refractivity contribution >= 4 is 11.9 Å². The van der Waals surface area contributed by atoms with Gasteiger partial charge in [-0.3, -0.25) is 4.79 Å². The second kappa shape index (κ2) is 6.69. The minimum atomic E-state index is -1.11. The van der Waals surface area contributed by atoms with E-state index >= 15 is 0 Å². The first-order valence-corrected chi connectivity index (χ1v) is 7.35. The summed E-state index contributed by atoms with van der Waals surface area (Å²) in [5.74, 6) is -0.300. The van der Waals surface area contributed by atoms with Crippen molar-refractivity contribution in [2.75, 3.05) is 0 Å². The summed E-state index contributed by atoms with van der Waals surface area (Å²) in [6.45, 7) is 1.71. The van der Waals surface area contributed by atoms with Crippen LogP contribution in [-0.2, 0) is 16.0 Å². The Balaban J connectivity index is 1.93. The predicted octanol–water partition coefficient (Wildman–Crippen LogP) is 1.60. The van der Waals surface area contributed by atoms with Crippen molar-refractivity contribution in [2.45, 2.75) is 63.8 Å². The van der Waals surface area contributed by atoms with Crippen molar-refractivity contribution in [3.8, 4) is 0 Å². The molecule has 0 unspecified atom stereocenters. The Bertz CT molecular complexity index is 504. The van der Waals surface area contributed by atoms with E-state index in [4.69, 9.17) is 4.52 Å². The molecule has 2 rings (SSSR count). The highest BCUT2D eigenvalue weighted by molar-refractivity contribution is 5.87. The Hall–Kier alpha value is -1.92. The van der Waals surface area contributed by atoms with Crippen LogP contribution in [0.5, 0.6) is 0 Å². The number of aliphatic carboxylic acids is 1. The molecule has 1 fully saturated rings. The molecule has 7 nitrogen and oxygen atoms in total. The lowest BCUT2D eigenvalue weighted by atomic mass is 9.90. The molecule has 21 heavy (non-hydrogen) atoms. The Labute approximate surface area is 123 Å². The standard InChI is InChI=1S/C14H21N3O4/c1-10-15-12(21-17-10)7-6-11(18)16-14(13(19)20)8-4-2-3-5-9-14/h2-9H2,1H3,(H,16,18)(H,19,20). The molecule has 1 saturated carbocycles. The van der Waals surface area contributed by atoms with Crippen LogP contribution in [0.4, 0.5) is 0 Å². The van der Waals surface area contributed by atoms with E-state index < -0.39 is 11.5 Å². The van der Waals surface area contributed by atoms with Gasteiger partial charge in [0, 0.05) is 12.8 Å². The van der Waals surface area contributed by atoms with Gasteiger partial charge in [0.25, 0.3) is 0 Å². The van der Waals surface area contributed by atoms with Crippen molar-refractivity contribution in [1.82, 2.24) is 15.5 Å². The van der Waals surface area contributed by atoms with Gasteiger partial charge in [-0.2, -0.15) is 4.98 Å². The molecule has 0 spiro atoms. The minimum absolute atomic E-state index is 0.149. The van der Waals surface area contributed by atoms with Crippen LogP contribution in [0.25, 0.3) is 0 Å². The van der Waals surface area contributed by atoms with Gasteiger partial charge in [-0.05, 0) is 19.8 Å². The Morgan fingerprint density at radius 3 is 2.48 bits per heavy atom. The van der Waals surface area contributed by atoms with Crippen molar-refractivity contribution in [1.29, 1.82) is 0 Å². The van der Waals surface area contributed by atoms with E-state index in [-0.39, 0.29) is 12.3 Å². The zero-order valence-electron chi connectivity index (χ0n) is 12.2. The molecule has 0 aromatic carbocycles. The van der Waals surface area contributed by atoms with E-state index in [9.17, 15) is 14.7 Å². The molecule has 1 heterocycles. The Kier molecular flexibility index (Phi) is 4.93. The van der Waals surface area contributed by atoms with Crippen LogP contribution in [0.1, 0.15) is 56.7 Å². The molecule has 1 aromatic rings. The molecule has 0 atom stereocenters. The molecule has 116 valence electrons. The number of aromatic nitrogens is 2. The lowest BCUT2D eigenvalue weighted by molar-refractivity contribution is -0.148. The third-order valence-corrected chi connectivity index (χ3v) is 3.88. The smallest absolute Gasteiger partial charge is 0.329 e. The number of nitrogens with zero attached hydrogens (tertiary/aromatic N) is 2. The largest absolute Gasteiger partial charge is 0.480 e. The van der Waals surface area contributed by atoms with Crippen LogP contribution in [0.3, 0.4) is 0 Å². The van der Waals surface area contributed by atoms with Crippen LogP contribution in [-0.4, -0.2) is 32.7 Å². The first kappa shape index (κ1) is 15.5. The average Bonchev–Trinajstić information content (AvgIpc) is 2.71. The molecule has 1 aromatic heterocycles. The van der Waals surface area contributed by atoms with Crippen LogP contribution in [0.15, 0.2) is 4.52 Å². The zero-order chi connectivity index (χ0) is 15.3. The van der Waals surface area contributed by atoms with Gasteiger partial charge in [0.2, 0.25) is 11.8 Å². The maximum atomic E-state index is 12.0. The Morgan fingerprint density at radius 1 is 1.29 bits per heavy atom. The second-order valence-electron chi connectivity index (χ2n) is 5.58. The predicted molar refractivity (Wildman–Crippen MR) is 73.6 cm³/mol. The summed E-state index contributed by atoms with van der Waals surface area (Å²) in [6.07, 6.45) is 5.16. The Morgan fingerprint density at radius 2 is 1.95 bits per heavy atom. The molecular formula is C14H21N3O4. The van der Waals surface area contributed by atoms with Gasteiger partial charge in [0.1, 0.15) is 5.54 Å². The van der Waals surface area contributed by atoms with Crippen molar-refractivity contribution in [3.05, 3.63) is 11.7 Å². The van der Waals surface area contributed by atoms with E-state index in [1.165, 1.54) is 0 Å². The molecule has 0 bridgehead atoms. The van der Waals surface area contributed by atoms with Gasteiger partial charge in [0.05, 0.1) is 0 Å². The first-order valence-electron chi connectivity index (χ1n) is 7.35. The molecule has 7 heteroatoms. The van der Waals surface area contributed by atoms with Crippen LogP contribution in [0, 0.1) is 6.92 Å². The number of carboxylic acids is 1. The number of rotatable bonds is 5. The lowest BCUT2D eigenvalue weighted by Crippen LogP contribution is -2.54. The van der Waals surface area contributed by atoms with Crippen molar-refractivity contribution < 1.29 is 19.2 Å². The fourth-order valence-electron chi connectivity index (χ4n) is 2.72. The molecule has 0 saturated heterocycles. The molecule has 0 radical (unpaired) electrons. The number of carbonyl (C=O) groups excluding carboxylic acids is 1. The van der Waals surface area contributed by atoms with E-state index in [1.807, 2.05) is 0 Å². The minimum Gasteiger partial charge on any atom is -0.480 e. The van der Waals surface area contributed by atoms with Gasteiger partial charge in [-0.1, -0.05) is 30.8 Å². The molecule has 1 amide bonds. The summed E-state index contributed by atoms with van der Waals surface area (Å²) in [5, 5.41) is 15.9. The molecule has 2 N–H and O–H groups in total. The van der Waals surface area contributed by atoms with Crippen LogP contribution >= 0.6 is 0 Å². The summed E-state index contributed by atoms with van der Waals surface area (Å²) < 4.78 is 4.94. The van der Waals surface area contributed by atoms with Gasteiger partial charge in [-0.15, -0.1) is 0 Å². The highest BCUT2D eigenvalue weighted by Crippen LogP contribution is 2.27. The number of nitrogens with one attached hydrogen (secondary N) is 1. The summed E-state index contributed by atoms with van der Waals surface area (Å²) >= 11 is 0. The molecule has 1 aliphatic carbocycles. The van der Waals surface area contributed by atoms with E-state index in [2.05, 4.69) is 15.5 Å². The van der Waals surface area contributed by atoms with E-state index in [0.29, 0.717) is 31.0 Å². The quantitative estimate of drug-likeness (QED) is 0.799. The topological polar surface area (TPSA) is 105 Å². The van der Waals surface area contributed by atoms with Crippen molar-refractivity contribution in [2.24, 2.45) is 0 Å². The maximum absolute atomic E-state index is 12.0. The fraction of sp³-hybridized carbons (Fsp3) is 0.714. The van der Waals surface area contributed by atoms with Crippen LogP contribution in [0.2, 0.25) is 0 Å². The summed E-state index contributed by atoms with van der Waals surface area (Å²) in [6, 6.07) is 0. The van der Waals surface area contributed by atoms with Gasteiger partial charge < -0.3 is 14.9 Å². The number of amides is 1. The van der Waals surface area contributed by atoms with E-state index in [0.717, 1.165) is 25.7 Å². The van der Waals surface area contributed by atoms with Gasteiger partial charge >= 0.3 is 5.97 Å². The van der Waals surface area contributed by atoms with Crippen molar-refractivity contribution in [3.63, 3.8) is 0 Å². The summed E-state index contributed by atoms with van der Waals surface area (Å²) in [7, 11) is 0. The third kappa shape index (κ3) is 4.03. The van der Waals surface area contributed by atoms with Gasteiger partial charge in [0.15, 0.2) is 5.82 Å². The number of carbonyl (C=O) groups is 2. The van der Waals surface area contributed by atoms with Crippen LogP contribution < -0.4 is 5.32 Å². The molecule has 1 aliphatic rings. The normalized spacial score (nSPS) is 18.0. The van der Waals surface area contributed by atoms with Gasteiger partial charge in [-0.25, -0.2) is 4.79 Å². The lowest BCUT2D eigenvalue weighted by Gasteiger charge is -2.29. The second-order valence-corrected chi connectivity index (χ2v) is 5.58. The van der Waals surface area contributed by atoms with E-state index in [1.54, 1.807) is 6.92 Å². The summed E-state index contributed by atoms with van der Waals surface area (Å²) in [5.41, 5.74) is -1.11. The highest BCUT2D eigenvalue weighted by Gasteiger charge is 2.39. The number of hydrogen-bond acceptors (Lipinski definition) is 5. The molecular weight excluding hydrogens is 274 g/mol. The first-order chi connectivity index (χ1) is 10.0. The summed E-state index contributed by atoms with van der Waals surface area (Å²) in [4.78, 5) is 27.7. The maximum Gasteiger partial charge on any atom is 0.329 e. The number of aryl methyl sites for hydroxylation is 2. The monoisotopic (exact) mass is 295 g/mol. The third-order valence-electron chi connectivity index (χ3n) is 3.88. The fourth-order valence-corrected chi connectivity index (χ4v) is 2.72. The number of carboxylic acid groups (broad SMARTS) is 1. The number of hydrogen-bond donors (Lipinski definition) is 2. The molecule has 0 aliphatic heterocycles. The highest BCUT2D eigenvalue weighted by atomic mass is 16.5. The zero-order valence-corrected chi connectivity index (χ0v) is 12.2. The SMILES string of the molecule is Cc1noc(CCC(=O)NC2(C(=O)O)CCCCCC2)n1. The average molecular weight is 295 g/mol.